The van der Waals surface area contributed by atoms with Crippen molar-refractivity contribution in [2.24, 2.45) is 7.05 Å². The third-order valence-electron chi connectivity index (χ3n) is 3.99. The van der Waals surface area contributed by atoms with Crippen molar-refractivity contribution in [3.63, 3.8) is 0 Å². The summed E-state index contributed by atoms with van der Waals surface area (Å²) in [5.74, 6) is 0.228. The highest BCUT2D eigenvalue weighted by atomic mass is 79.9. The molecule has 0 saturated heterocycles. The average Bonchev–Trinajstić information content (AvgIpc) is 3.04. The number of anilines is 1. The second-order valence-corrected chi connectivity index (χ2v) is 6.66. The summed E-state index contributed by atoms with van der Waals surface area (Å²) in [6, 6.07) is 15.1. The second kappa shape index (κ2) is 6.68. The number of rotatable bonds is 3. The molecule has 1 aromatic carbocycles. The molecule has 6 nitrogen and oxygen atoms in total. The van der Waals surface area contributed by atoms with Crippen molar-refractivity contribution in [1.82, 2.24) is 19.7 Å². The number of halogens is 1. The van der Waals surface area contributed by atoms with Crippen LogP contribution in [0.4, 0.5) is 5.82 Å². The van der Waals surface area contributed by atoms with E-state index in [1.165, 1.54) is 0 Å². The van der Waals surface area contributed by atoms with E-state index in [2.05, 4.69) is 36.3 Å². The highest BCUT2D eigenvalue weighted by molar-refractivity contribution is 9.10. The Morgan fingerprint density at radius 1 is 1.12 bits per heavy atom. The molecule has 4 aromatic rings. The van der Waals surface area contributed by atoms with Crippen LogP contribution in [0.25, 0.3) is 22.3 Å². The Morgan fingerprint density at radius 2 is 1.92 bits per heavy atom. The van der Waals surface area contributed by atoms with Crippen LogP contribution in [0.1, 0.15) is 10.4 Å². The lowest BCUT2D eigenvalue weighted by atomic mass is 10.1. The number of fused-ring (bicyclic) bond motifs is 1. The maximum Gasteiger partial charge on any atom is 0.257 e. The molecule has 26 heavy (non-hydrogen) atoms. The van der Waals surface area contributed by atoms with Crippen molar-refractivity contribution in [3.05, 3.63) is 71.0 Å². The molecular formula is C19H14BrN5O. The Hall–Kier alpha value is -3.06. The van der Waals surface area contributed by atoms with Gasteiger partial charge in [-0.15, -0.1) is 0 Å². The minimum atomic E-state index is -0.252. The molecule has 0 fully saturated rings. The third kappa shape index (κ3) is 3.09. The second-order valence-electron chi connectivity index (χ2n) is 5.74. The van der Waals surface area contributed by atoms with Crippen molar-refractivity contribution >= 4 is 38.7 Å². The molecule has 0 atom stereocenters. The first kappa shape index (κ1) is 16.4. The van der Waals surface area contributed by atoms with E-state index in [1.807, 2.05) is 43.4 Å². The van der Waals surface area contributed by atoms with Crippen molar-refractivity contribution in [3.8, 4) is 11.3 Å². The molecule has 0 bridgehead atoms. The fraction of sp³-hybridized carbons (Fsp3) is 0.0526. The normalized spacial score (nSPS) is 10.8. The number of carbonyl (C=O) groups excluding carboxylic acids is 1. The third-order valence-corrected chi connectivity index (χ3v) is 4.46. The molecule has 4 rings (SSSR count). The molecule has 0 saturated carbocycles. The monoisotopic (exact) mass is 407 g/mol. The van der Waals surface area contributed by atoms with Gasteiger partial charge in [-0.25, -0.2) is 9.97 Å². The molecule has 0 radical (unpaired) electrons. The molecule has 0 spiro atoms. The zero-order chi connectivity index (χ0) is 18.1. The van der Waals surface area contributed by atoms with Gasteiger partial charge in [0.25, 0.3) is 5.91 Å². The molecule has 128 valence electrons. The van der Waals surface area contributed by atoms with Crippen LogP contribution in [0.2, 0.25) is 0 Å². The van der Waals surface area contributed by atoms with Crippen LogP contribution < -0.4 is 5.32 Å². The fourth-order valence-corrected chi connectivity index (χ4v) is 2.93. The molecule has 3 heterocycles. The van der Waals surface area contributed by atoms with Crippen molar-refractivity contribution in [1.29, 1.82) is 0 Å². The summed E-state index contributed by atoms with van der Waals surface area (Å²) in [5.41, 5.74) is 2.81. The molecular weight excluding hydrogens is 394 g/mol. The Balaban J connectivity index is 1.80. The molecule has 1 N–H and O–H groups in total. The number of hydrogen-bond acceptors (Lipinski definition) is 4. The van der Waals surface area contributed by atoms with E-state index in [-0.39, 0.29) is 5.91 Å². The van der Waals surface area contributed by atoms with E-state index in [0.29, 0.717) is 22.4 Å². The summed E-state index contributed by atoms with van der Waals surface area (Å²) >= 11 is 3.33. The molecule has 3 aromatic heterocycles. The van der Waals surface area contributed by atoms with E-state index in [9.17, 15) is 4.79 Å². The number of amides is 1. The van der Waals surface area contributed by atoms with Gasteiger partial charge in [-0.3, -0.25) is 9.48 Å². The van der Waals surface area contributed by atoms with Gasteiger partial charge in [-0.05, 0) is 34.1 Å². The maximum atomic E-state index is 12.9. The van der Waals surface area contributed by atoms with Gasteiger partial charge in [0.1, 0.15) is 5.82 Å². The quantitative estimate of drug-likeness (QED) is 0.555. The first-order chi connectivity index (χ1) is 12.6. The lowest BCUT2D eigenvalue weighted by Crippen LogP contribution is -2.14. The standard InChI is InChI=1S/C19H14BrN5O/c1-25-18-15(11-22-25)14(9-16(23-18)12-5-3-2-4-6-12)19(26)24-17-8-7-13(20)10-21-17/h2-11H,1H3,(H,21,24,26). The van der Waals surface area contributed by atoms with Gasteiger partial charge >= 0.3 is 0 Å². The number of carbonyl (C=O) groups is 1. The van der Waals surface area contributed by atoms with Crippen LogP contribution in [0.3, 0.4) is 0 Å². The van der Waals surface area contributed by atoms with Gasteiger partial charge in [0.05, 0.1) is 22.8 Å². The average molecular weight is 408 g/mol. The number of aromatic nitrogens is 4. The summed E-state index contributed by atoms with van der Waals surface area (Å²) in [5, 5.41) is 7.77. The Kier molecular flexibility index (Phi) is 4.22. The summed E-state index contributed by atoms with van der Waals surface area (Å²) < 4.78 is 2.51. The number of pyridine rings is 2. The van der Waals surface area contributed by atoms with E-state index >= 15 is 0 Å². The van der Waals surface area contributed by atoms with Crippen LogP contribution in [0.15, 0.2) is 65.4 Å². The van der Waals surface area contributed by atoms with Gasteiger partial charge in [0.2, 0.25) is 0 Å². The van der Waals surface area contributed by atoms with Gasteiger partial charge in [-0.2, -0.15) is 5.10 Å². The van der Waals surface area contributed by atoms with Gasteiger partial charge in [0, 0.05) is 23.3 Å². The van der Waals surface area contributed by atoms with E-state index in [0.717, 1.165) is 15.7 Å². The SMILES string of the molecule is Cn1ncc2c(C(=O)Nc3ccc(Br)cn3)cc(-c3ccccc3)nc21. The van der Waals surface area contributed by atoms with Crippen LogP contribution in [-0.2, 0) is 7.05 Å². The predicted molar refractivity (Wildman–Crippen MR) is 104 cm³/mol. The number of nitrogens with one attached hydrogen (secondary N) is 1. The molecule has 7 heteroatoms. The lowest BCUT2D eigenvalue weighted by Gasteiger charge is -2.08. The zero-order valence-corrected chi connectivity index (χ0v) is 15.4. The lowest BCUT2D eigenvalue weighted by molar-refractivity contribution is 0.102. The van der Waals surface area contributed by atoms with Crippen molar-refractivity contribution in [2.75, 3.05) is 5.32 Å². The highest BCUT2D eigenvalue weighted by Gasteiger charge is 2.17. The molecule has 0 aliphatic carbocycles. The highest BCUT2D eigenvalue weighted by Crippen LogP contribution is 2.25. The smallest absolute Gasteiger partial charge is 0.257 e. The first-order valence-electron chi connectivity index (χ1n) is 7.93. The number of nitrogens with zero attached hydrogens (tertiary/aromatic N) is 4. The zero-order valence-electron chi connectivity index (χ0n) is 13.8. The van der Waals surface area contributed by atoms with Crippen molar-refractivity contribution < 1.29 is 4.79 Å². The summed E-state index contributed by atoms with van der Waals surface area (Å²) in [6.45, 7) is 0. The maximum absolute atomic E-state index is 12.9. The van der Waals surface area contributed by atoms with E-state index < -0.39 is 0 Å². The van der Waals surface area contributed by atoms with E-state index in [1.54, 1.807) is 29.2 Å². The molecule has 0 aliphatic heterocycles. The van der Waals surface area contributed by atoms with Gasteiger partial charge in [0.15, 0.2) is 5.65 Å². The van der Waals surface area contributed by atoms with Crippen LogP contribution in [-0.4, -0.2) is 25.7 Å². The van der Waals surface area contributed by atoms with Crippen molar-refractivity contribution in [2.45, 2.75) is 0 Å². The minimum Gasteiger partial charge on any atom is -0.307 e. The van der Waals surface area contributed by atoms with Crippen LogP contribution >= 0.6 is 15.9 Å². The van der Waals surface area contributed by atoms with E-state index in [4.69, 9.17) is 0 Å². The van der Waals surface area contributed by atoms with Crippen LogP contribution in [0.5, 0.6) is 0 Å². The number of aryl methyl sites for hydroxylation is 1. The van der Waals surface area contributed by atoms with Gasteiger partial charge < -0.3 is 5.32 Å². The first-order valence-corrected chi connectivity index (χ1v) is 8.72. The number of benzene rings is 1. The molecule has 0 aliphatic rings. The minimum absolute atomic E-state index is 0.252. The predicted octanol–water partition coefficient (Wildman–Crippen LogP) is 4.05. The number of hydrogen-bond donors (Lipinski definition) is 1. The largest absolute Gasteiger partial charge is 0.307 e. The van der Waals surface area contributed by atoms with Crippen LogP contribution in [0, 0.1) is 0 Å². The summed E-state index contributed by atoms with van der Waals surface area (Å²) in [4.78, 5) is 21.7. The Morgan fingerprint density at radius 3 is 2.65 bits per heavy atom. The summed E-state index contributed by atoms with van der Waals surface area (Å²) in [7, 11) is 1.81. The fourth-order valence-electron chi connectivity index (χ4n) is 2.69. The Bertz CT molecular complexity index is 1090. The molecule has 0 unspecified atom stereocenters. The van der Waals surface area contributed by atoms with Gasteiger partial charge in [-0.1, -0.05) is 30.3 Å². The Labute approximate surface area is 158 Å². The molecule has 1 amide bonds. The topological polar surface area (TPSA) is 72.7 Å². The summed E-state index contributed by atoms with van der Waals surface area (Å²) in [6.07, 6.45) is 3.29.